The normalized spacial score (nSPS) is 10.9. The first-order chi connectivity index (χ1) is 11.7. The number of furan rings is 1. The fraction of sp³-hybridized carbons (Fsp3) is 0.0769. The van der Waals surface area contributed by atoms with Gasteiger partial charge in [0.05, 0.1) is 18.2 Å². The van der Waals surface area contributed by atoms with Crippen molar-refractivity contribution in [1.82, 2.24) is 20.6 Å². The van der Waals surface area contributed by atoms with Gasteiger partial charge < -0.3 is 9.15 Å². The van der Waals surface area contributed by atoms with Crippen molar-refractivity contribution in [1.29, 1.82) is 0 Å². The maximum absolute atomic E-state index is 11.1. The second kappa shape index (κ2) is 6.56. The van der Waals surface area contributed by atoms with Gasteiger partial charge in [-0.1, -0.05) is 5.10 Å². The molecule has 0 fully saturated rings. The average Bonchev–Trinajstić information content (AvgIpc) is 3.26. The van der Waals surface area contributed by atoms with Crippen molar-refractivity contribution in [2.75, 3.05) is 12.5 Å². The number of anilines is 1. The standard InChI is InChI=1S/C13H11N7O4/c1-23-12-4-2-8(6-10(12)20(21)22)11-5-3-9(24-11)7-14-15-13-16-18-19-17-13/h2-7H,1H3,(H2,15,16,17,18,19)/b14-7+. The Balaban J connectivity index is 1.79. The minimum atomic E-state index is -0.511. The topological polar surface area (TPSA) is 144 Å². The molecule has 3 rings (SSSR count). The summed E-state index contributed by atoms with van der Waals surface area (Å²) in [5.41, 5.74) is 2.96. The maximum atomic E-state index is 11.1. The highest BCUT2D eigenvalue weighted by atomic mass is 16.6. The fourth-order valence-corrected chi connectivity index (χ4v) is 1.93. The zero-order valence-electron chi connectivity index (χ0n) is 12.3. The van der Waals surface area contributed by atoms with Crippen LogP contribution in [0, 0.1) is 10.1 Å². The number of nitrogens with one attached hydrogen (secondary N) is 2. The molecule has 11 nitrogen and oxygen atoms in total. The number of nitro groups is 1. The number of H-pyrrole nitrogens is 1. The van der Waals surface area contributed by atoms with Gasteiger partial charge in [0.15, 0.2) is 5.75 Å². The van der Waals surface area contributed by atoms with Crippen LogP contribution in [0.1, 0.15) is 5.76 Å². The highest BCUT2D eigenvalue weighted by Gasteiger charge is 2.17. The van der Waals surface area contributed by atoms with E-state index in [0.29, 0.717) is 17.1 Å². The summed E-state index contributed by atoms with van der Waals surface area (Å²) in [7, 11) is 1.38. The van der Waals surface area contributed by atoms with Gasteiger partial charge in [-0.05, 0) is 29.5 Å². The van der Waals surface area contributed by atoms with Crippen LogP contribution in [0.2, 0.25) is 0 Å². The van der Waals surface area contributed by atoms with E-state index < -0.39 is 4.92 Å². The van der Waals surface area contributed by atoms with Crippen molar-refractivity contribution < 1.29 is 14.1 Å². The minimum Gasteiger partial charge on any atom is -0.490 e. The van der Waals surface area contributed by atoms with Gasteiger partial charge in [-0.15, -0.1) is 5.10 Å². The quantitative estimate of drug-likeness (QED) is 0.396. The summed E-state index contributed by atoms with van der Waals surface area (Å²) in [6, 6.07) is 7.93. The number of nitro benzene ring substituents is 1. The molecule has 122 valence electrons. The van der Waals surface area contributed by atoms with Crippen molar-refractivity contribution in [2.45, 2.75) is 0 Å². The van der Waals surface area contributed by atoms with Crippen LogP contribution in [0.25, 0.3) is 11.3 Å². The lowest BCUT2D eigenvalue weighted by atomic mass is 10.1. The highest BCUT2D eigenvalue weighted by Crippen LogP contribution is 2.32. The van der Waals surface area contributed by atoms with Crippen LogP contribution in [0.15, 0.2) is 39.9 Å². The molecule has 2 heterocycles. The molecule has 2 N–H and O–H groups in total. The van der Waals surface area contributed by atoms with Crippen LogP contribution < -0.4 is 10.2 Å². The second-order valence-corrected chi connectivity index (χ2v) is 4.45. The van der Waals surface area contributed by atoms with Gasteiger partial charge >= 0.3 is 5.69 Å². The summed E-state index contributed by atoms with van der Waals surface area (Å²) in [4.78, 5) is 10.6. The first-order valence-corrected chi connectivity index (χ1v) is 6.62. The van der Waals surface area contributed by atoms with Crippen LogP contribution in [0.5, 0.6) is 5.75 Å². The van der Waals surface area contributed by atoms with Crippen molar-refractivity contribution in [2.24, 2.45) is 5.10 Å². The van der Waals surface area contributed by atoms with Gasteiger partial charge in [0, 0.05) is 11.6 Å². The number of rotatable bonds is 6. The van der Waals surface area contributed by atoms with Gasteiger partial charge in [-0.2, -0.15) is 10.3 Å². The molecule has 3 aromatic rings. The van der Waals surface area contributed by atoms with Gasteiger partial charge in [0.2, 0.25) is 0 Å². The monoisotopic (exact) mass is 329 g/mol. The van der Waals surface area contributed by atoms with Crippen molar-refractivity contribution in [3.05, 3.63) is 46.2 Å². The highest BCUT2D eigenvalue weighted by molar-refractivity contribution is 5.78. The first-order valence-electron chi connectivity index (χ1n) is 6.62. The molecule has 0 saturated carbocycles. The summed E-state index contributed by atoms with van der Waals surface area (Å²) in [6.07, 6.45) is 1.41. The number of aromatic nitrogens is 4. The van der Waals surface area contributed by atoms with Crippen LogP contribution in [-0.4, -0.2) is 38.9 Å². The van der Waals surface area contributed by atoms with Crippen molar-refractivity contribution >= 4 is 17.9 Å². The Morgan fingerprint density at radius 2 is 2.29 bits per heavy atom. The predicted molar refractivity (Wildman–Crippen MR) is 82.7 cm³/mol. The number of methoxy groups -OCH3 is 1. The van der Waals surface area contributed by atoms with Crippen molar-refractivity contribution in [3.8, 4) is 17.1 Å². The maximum Gasteiger partial charge on any atom is 0.311 e. The Bertz CT molecular complexity index is 872. The smallest absolute Gasteiger partial charge is 0.311 e. The SMILES string of the molecule is COc1ccc(-c2ccc(/C=N/Nc3nn[nH]n3)o2)cc1[N+](=O)[O-]. The van der Waals surface area contributed by atoms with E-state index in [1.54, 1.807) is 18.2 Å². The average molecular weight is 329 g/mol. The molecule has 11 heteroatoms. The number of hydrogen-bond acceptors (Lipinski definition) is 9. The number of hydrogen-bond donors (Lipinski definition) is 2. The third kappa shape index (κ3) is 3.19. The lowest BCUT2D eigenvalue weighted by Crippen LogP contribution is -1.93. The molecule has 0 saturated heterocycles. The van der Waals surface area contributed by atoms with E-state index in [9.17, 15) is 10.1 Å². The third-order valence-corrected chi connectivity index (χ3v) is 2.99. The molecule has 0 aliphatic heterocycles. The number of aromatic amines is 1. The van der Waals surface area contributed by atoms with Crippen molar-refractivity contribution in [3.63, 3.8) is 0 Å². The molecule has 0 radical (unpaired) electrons. The molecule has 0 spiro atoms. The molecule has 0 atom stereocenters. The van der Waals surface area contributed by atoms with Gasteiger partial charge in [0.25, 0.3) is 5.95 Å². The van der Waals surface area contributed by atoms with E-state index in [1.165, 1.54) is 25.5 Å². The number of tetrazole rings is 1. The zero-order chi connectivity index (χ0) is 16.9. The van der Waals surface area contributed by atoms with E-state index in [0.717, 1.165) is 0 Å². The van der Waals surface area contributed by atoms with E-state index in [1.807, 2.05) is 0 Å². The van der Waals surface area contributed by atoms with Crippen LogP contribution >= 0.6 is 0 Å². The summed E-state index contributed by atoms with van der Waals surface area (Å²) in [5, 5.41) is 27.9. The second-order valence-electron chi connectivity index (χ2n) is 4.45. The molecule has 0 unspecified atom stereocenters. The lowest BCUT2D eigenvalue weighted by Gasteiger charge is -2.03. The molecule has 0 amide bonds. The lowest BCUT2D eigenvalue weighted by molar-refractivity contribution is -0.385. The van der Waals surface area contributed by atoms with Crippen LogP contribution in [0.4, 0.5) is 11.6 Å². The van der Waals surface area contributed by atoms with E-state index in [2.05, 4.69) is 31.2 Å². The Hall–Kier alpha value is -3.76. The summed E-state index contributed by atoms with van der Waals surface area (Å²) < 4.78 is 10.6. The number of nitrogens with zero attached hydrogens (tertiary/aromatic N) is 5. The molecule has 24 heavy (non-hydrogen) atoms. The summed E-state index contributed by atoms with van der Waals surface area (Å²) in [5.74, 6) is 1.30. The summed E-state index contributed by atoms with van der Waals surface area (Å²) >= 11 is 0. The van der Waals surface area contributed by atoms with Crippen LogP contribution in [-0.2, 0) is 0 Å². The number of ether oxygens (including phenoxy) is 1. The molecule has 2 aromatic heterocycles. The number of benzene rings is 1. The molecule has 1 aromatic carbocycles. The van der Waals surface area contributed by atoms with Gasteiger partial charge in [-0.25, -0.2) is 5.43 Å². The Morgan fingerprint density at radius 1 is 1.42 bits per heavy atom. The minimum absolute atomic E-state index is 0.139. The van der Waals surface area contributed by atoms with E-state index in [-0.39, 0.29) is 17.4 Å². The Kier molecular flexibility index (Phi) is 4.14. The zero-order valence-corrected chi connectivity index (χ0v) is 12.3. The molecular formula is C13H11N7O4. The Labute approximate surface area is 134 Å². The molecule has 0 bridgehead atoms. The summed E-state index contributed by atoms with van der Waals surface area (Å²) in [6.45, 7) is 0. The first kappa shape index (κ1) is 15.1. The largest absolute Gasteiger partial charge is 0.490 e. The molecular weight excluding hydrogens is 318 g/mol. The molecule has 0 aliphatic rings. The Morgan fingerprint density at radius 3 is 3.00 bits per heavy atom. The third-order valence-electron chi connectivity index (χ3n) is 2.99. The van der Waals surface area contributed by atoms with Gasteiger partial charge in [0.1, 0.15) is 11.5 Å². The van der Waals surface area contributed by atoms with Gasteiger partial charge in [-0.3, -0.25) is 10.1 Å². The predicted octanol–water partition coefficient (Wildman–Crippen LogP) is 1.82. The van der Waals surface area contributed by atoms with Crippen LogP contribution in [0.3, 0.4) is 0 Å². The fourth-order valence-electron chi connectivity index (χ4n) is 1.93. The van der Waals surface area contributed by atoms with E-state index >= 15 is 0 Å². The number of hydrazone groups is 1. The van der Waals surface area contributed by atoms with E-state index in [4.69, 9.17) is 9.15 Å². The molecule has 0 aliphatic carbocycles.